The van der Waals surface area contributed by atoms with Crippen LogP contribution in [0, 0.1) is 12.8 Å². The lowest BCUT2D eigenvalue weighted by atomic mass is 9.99. The Morgan fingerprint density at radius 3 is 2.88 bits per heavy atom. The van der Waals surface area contributed by atoms with Crippen molar-refractivity contribution in [2.24, 2.45) is 5.92 Å². The average Bonchev–Trinajstić information content (AvgIpc) is 2.62. The van der Waals surface area contributed by atoms with E-state index in [0.29, 0.717) is 38.1 Å². The van der Waals surface area contributed by atoms with Gasteiger partial charge in [-0.05, 0) is 43.9 Å². The zero-order valence-electron chi connectivity index (χ0n) is 14.7. The Morgan fingerprint density at radius 2 is 2.20 bits per heavy atom. The number of hydrogen-bond acceptors (Lipinski definition) is 5. The fourth-order valence-corrected chi connectivity index (χ4v) is 4.70. The van der Waals surface area contributed by atoms with Crippen molar-refractivity contribution >= 4 is 15.9 Å². The lowest BCUT2D eigenvalue weighted by Crippen LogP contribution is -2.45. The number of hydrogen-bond donors (Lipinski definition) is 2. The fourth-order valence-electron chi connectivity index (χ4n) is 2.93. The van der Waals surface area contributed by atoms with E-state index in [2.05, 4.69) is 5.32 Å². The zero-order chi connectivity index (χ0) is 18.4. The molecule has 1 aliphatic heterocycles. The maximum Gasteiger partial charge on any atom is 0.246 e. The Hall–Kier alpha value is -1.64. The molecule has 25 heavy (non-hydrogen) atoms. The van der Waals surface area contributed by atoms with Gasteiger partial charge >= 0.3 is 0 Å². The molecule has 1 aromatic carbocycles. The highest BCUT2D eigenvalue weighted by atomic mass is 32.2. The maximum absolute atomic E-state index is 13.0. The van der Waals surface area contributed by atoms with Gasteiger partial charge in [0.1, 0.15) is 10.6 Å². The lowest BCUT2D eigenvalue weighted by Gasteiger charge is -2.31. The number of nitrogens with one attached hydrogen (secondary N) is 1. The van der Waals surface area contributed by atoms with Crippen LogP contribution in [0.3, 0.4) is 0 Å². The molecular weight excluding hydrogens is 344 g/mol. The monoisotopic (exact) mass is 370 g/mol. The molecule has 1 saturated heterocycles. The smallest absolute Gasteiger partial charge is 0.246 e. The number of benzene rings is 1. The van der Waals surface area contributed by atoms with Crippen LogP contribution in [0.1, 0.15) is 24.8 Å². The molecule has 0 bridgehead atoms. The molecule has 1 heterocycles. The highest BCUT2D eigenvalue weighted by Gasteiger charge is 2.34. The van der Waals surface area contributed by atoms with E-state index in [4.69, 9.17) is 9.84 Å². The summed E-state index contributed by atoms with van der Waals surface area (Å²) >= 11 is 0. The van der Waals surface area contributed by atoms with Gasteiger partial charge in [-0.15, -0.1) is 0 Å². The fraction of sp³-hybridized carbons (Fsp3) is 0.588. The lowest BCUT2D eigenvalue weighted by molar-refractivity contribution is -0.126. The Morgan fingerprint density at radius 1 is 1.44 bits per heavy atom. The number of piperidine rings is 1. The van der Waals surface area contributed by atoms with E-state index in [0.717, 1.165) is 5.56 Å². The molecule has 0 radical (unpaired) electrons. The van der Waals surface area contributed by atoms with Gasteiger partial charge in [0.05, 0.1) is 13.0 Å². The summed E-state index contributed by atoms with van der Waals surface area (Å²) in [6, 6.07) is 5.04. The van der Waals surface area contributed by atoms with E-state index in [1.54, 1.807) is 18.2 Å². The van der Waals surface area contributed by atoms with Crippen molar-refractivity contribution in [2.45, 2.75) is 31.1 Å². The first-order valence-corrected chi connectivity index (χ1v) is 9.87. The number of aryl methyl sites for hydroxylation is 1. The van der Waals surface area contributed by atoms with E-state index in [9.17, 15) is 13.2 Å². The molecule has 8 heteroatoms. The van der Waals surface area contributed by atoms with Gasteiger partial charge in [-0.1, -0.05) is 6.07 Å². The van der Waals surface area contributed by atoms with Crippen molar-refractivity contribution in [3.8, 4) is 5.75 Å². The number of carbonyl (C=O) groups is 1. The summed E-state index contributed by atoms with van der Waals surface area (Å²) in [6.07, 6.45) is 1.77. The first-order chi connectivity index (χ1) is 11.9. The quantitative estimate of drug-likeness (QED) is 0.696. The summed E-state index contributed by atoms with van der Waals surface area (Å²) in [4.78, 5) is 12.4. The van der Waals surface area contributed by atoms with Crippen molar-refractivity contribution in [3.05, 3.63) is 23.8 Å². The van der Waals surface area contributed by atoms with E-state index in [1.807, 2.05) is 6.92 Å². The molecule has 1 aromatic rings. The molecule has 1 aliphatic rings. The predicted molar refractivity (Wildman–Crippen MR) is 93.9 cm³/mol. The van der Waals surface area contributed by atoms with Crippen LogP contribution in [0.15, 0.2) is 23.1 Å². The minimum Gasteiger partial charge on any atom is -0.495 e. The minimum atomic E-state index is -3.73. The summed E-state index contributed by atoms with van der Waals surface area (Å²) < 4.78 is 32.6. The van der Waals surface area contributed by atoms with Crippen LogP contribution in [0.2, 0.25) is 0 Å². The second kappa shape index (κ2) is 8.64. The molecule has 0 aromatic heterocycles. The van der Waals surface area contributed by atoms with Crippen molar-refractivity contribution in [1.82, 2.24) is 9.62 Å². The third kappa shape index (κ3) is 4.71. The van der Waals surface area contributed by atoms with Crippen LogP contribution in [-0.4, -0.2) is 57.1 Å². The Balaban J connectivity index is 2.17. The number of carbonyl (C=O) groups excluding carboxylic acids is 1. The van der Waals surface area contributed by atoms with Crippen LogP contribution in [0.5, 0.6) is 5.75 Å². The van der Waals surface area contributed by atoms with Crippen molar-refractivity contribution < 1.29 is 23.1 Å². The first-order valence-electron chi connectivity index (χ1n) is 8.43. The Labute approximate surface area is 149 Å². The van der Waals surface area contributed by atoms with E-state index < -0.39 is 10.0 Å². The topological polar surface area (TPSA) is 95.9 Å². The van der Waals surface area contributed by atoms with Crippen LogP contribution in [0.4, 0.5) is 0 Å². The molecule has 140 valence electrons. The number of nitrogens with zero attached hydrogens (tertiary/aromatic N) is 1. The number of sulfonamides is 1. The second-order valence-electron chi connectivity index (χ2n) is 6.22. The largest absolute Gasteiger partial charge is 0.495 e. The third-order valence-corrected chi connectivity index (χ3v) is 6.21. The predicted octanol–water partition coefficient (Wildman–Crippen LogP) is 0.903. The molecule has 1 fully saturated rings. The number of amides is 1. The average molecular weight is 370 g/mol. The molecule has 0 saturated carbocycles. The molecule has 7 nitrogen and oxygen atoms in total. The van der Waals surface area contributed by atoms with Gasteiger partial charge in [0.25, 0.3) is 0 Å². The Kier molecular flexibility index (Phi) is 6.80. The number of rotatable bonds is 7. The van der Waals surface area contributed by atoms with Gasteiger partial charge in [-0.3, -0.25) is 4.79 Å². The standard InChI is InChI=1S/C17H26N2O5S/c1-13-6-7-15(24-2)16(11-13)25(22,23)19-9-3-5-14(12-19)17(21)18-8-4-10-20/h6-7,11,14,20H,3-5,8-10,12H2,1-2H3,(H,18,21)/t14-/m0/s1. The molecule has 0 spiro atoms. The molecule has 2 rings (SSSR count). The first kappa shape index (κ1) is 19.7. The third-order valence-electron chi connectivity index (χ3n) is 4.33. The normalized spacial score (nSPS) is 18.8. The van der Waals surface area contributed by atoms with Crippen LogP contribution >= 0.6 is 0 Å². The number of ether oxygens (including phenoxy) is 1. The van der Waals surface area contributed by atoms with Gasteiger partial charge in [0, 0.05) is 26.2 Å². The number of aliphatic hydroxyl groups excluding tert-OH is 1. The Bertz CT molecular complexity index is 705. The van der Waals surface area contributed by atoms with Crippen LogP contribution in [-0.2, 0) is 14.8 Å². The summed E-state index contributed by atoms with van der Waals surface area (Å²) in [7, 11) is -2.29. The van der Waals surface area contributed by atoms with E-state index >= 15 is 0 Å². The van der Waals surface area contributed by atoms with Gasteiger partial charge in [-0.2, -0.15) is 4.31 Å². The highest BCUT2D eigenvalue weighted by molar-refractivity contribution is 7.89. The SMILES string of the molecule is COc1ccc(C)cc1S(=O)(=O)N1CCC[C@H](C(=O)NCCCO)C1. The summed E-state index contributed by atoms with van der Waals surface area (Å²) in [6.45, 7) is 2.78. The minimum absolute atomic E-state index is 0.0125. The summed E-state index contributed by atoms with van der Waals surface area (Å²) in [5, 5.41) is 11.5. The van der Waals surface area contributed by atoms with Gasteiger partial charge in [-0.25, -0.2) is 8.42 Å². The summed E-state index contributed by atoms with van der Waals surface area (Å²) in [5.74, 6) is -0.234. The van der Waals surface area contributed by atoms with Crippen molar-refractivity contribution in [2.75, 3.05) is 33.4 Å². The molecule has 1 amide bonds. The molecule has 2 N–H and O–H groups in total. The maximum atomic E-state index is 13.0. The summed E-state index contributed by atoms with van der Waals surface area (Å²) in [5.41, 5.74) is 0.828. The van der Waals surface area contributed by atoms with E-state index in [-0.39, 0.29) is 29.9 Å². The molecule has 1 atom stereocenters. The van der Waals surface area contributed by atoms with Crippen LogP contribution < -0.4 is 10.1 Å². The molecule has 0 unspecified atom stereocenters. The number of methoxy groups -OCH3 is 1. The van der Waals surface area contributed by atoms with Gasteiger partial charge < -0.3 is 15.2 Å². The van der Waals surface area contributed by atoms with Crippen LogP contribution in [0.25, 0.3) is 0 Å². The molecular formula is C17H26N2O5S. The van der Waals surface area contributed by atoms with Crippen molar-refractivity contribution in [1.29, 1.82) is 0 Å². The zero-order valence-corrected chi connectivity index (χ0v) is 15.5. The highest BCUT2D eigenvalue weighted by Crippen LogP contribution is 2.30. The molecule has 0 aliphatic carbocycles. The van der Waals surface area contributed by atoms with E-state index in [1.165, 1.54) is 11.4 Å². The van der Waals surface area contributed by atoms with Gasteiger partial charge in [0.2, 0.25) is 15.9 Å². The second-order valence-corrected chi connectivity index (χ2v) is 8.13. The number of aliphatic hydroxyl groups is 1. The van der Waals surface area contributed by atoms with Crippen molar-refractivity contribution in [3.63, 3.8) is 0 Å². The van der Waals surface area contributed by atoms with Gasteiger partial charge in [0.15, 0.2) is 0 Å².